The van der Waals surface area contributed by atoms with Crippen LogP contribution >= 0.6 is 0 Å². The number of fused-ring (bicyclic) bond motifs is 1. The Balaban J connectivity index is 2.62. The van der Waals surface area contributed by atoms with Crippen molar-refractivity contribution < 1.29 is 18.9 Å². The SMILES string of the molecule is C/C=C/c1cc(OC)c(OC)c2c1OCO2. The summed E-state index contributed by atoms with van der Waals surface area (Å²) in [4.78, 5) is 0. The summed E-state index contributed by atoms with van der Waals surface area (Å²) in [5.74, 6) is 2.52. The summed E-state index contributed by atoms with van der Waals surface area (Å²) in [6.07, 6.45) is 3.87. The molecule has 1 heterocycles. The van der Waals surface area contributed by atoms with E-state index in [4.69, 9.17) is 18.9 Å². The highest BCUT2D eigenvalue weighted by Gasteiger charge is 2.25. The predicted molar refractivity (Wildman–Crippen MR) is 60.4 cm³/mol. The number of ether oxygens (including phenoxy) is 4. The van der Waals surface area contributed by atoms with Gasteiger partial charge in [-0.1, -0.05) is 12.2 Å². The third kappa shape index (κ3) is 1.56. The van der Waals surface area contributed by atoms with Gasteiger partial charge in [-0.05, 0) is 13.0 Å². The first kappa shape index (κ1) is 10.7. The summed E-state index contributed by atoms with van der Waals surface area (Å²) in [7, 11) is 3.18. The van der Waals surface area contributed by atoms with E-state index in [9.17, 15) is 0 Å². The smallest absolute Gasteiger partial charge is 0.231 e. The minimum Gasteiger partial charge on any atom is -0.493 e. The van der Waals surface area contributed by atoms with Crippen molar-refractivity contribution in [3.63, 3.8) is 0 Å². The lowest BCUT2D eigenvalue weighted by Crippen LogP contribution is -1.94. The number of hydrogen-bond acceptors (Lipinski definition) is 4. The summed E-state index contributed by atoms with van der Waals surface area (Å²) < 4.78 is 21.3. The summed E-state index contributed by atoms with van der Waals surface area (Å²) in [6, 6.07) is 1.87. The lowest BCUT2D eigenvalue weighted by atomic mass is 10.1. The minimum atomic E-state index is 0.212. The van der Waals surface area contributed by atoms with Crippen LogP contribution in [0.4, 0.5) is 0 Å². The van der Waals surface area contributed by atoms with Crippen LogP contribution in [0.15, 0.2) is 12.1 Å². The van der Waals surface area contributed by atoms with E-state index >= 15 is 0 Å². The second kappa shape index (κ2) is 4.35. The largest absolute Gasteiger partial charge is 0.493 e. The first-order valence-corrected chi connectivity index (χ1v) is 4.99. The quantitative estimate of drug-likeness (QED) is 0.787. The molecule has 1 aliphatic heterocycles. The first-order chi connectivity index (χ1) is 7.81. The molecule has 2 rings (SSSR count). The standard InChI is InChI=1S/C12H14O4/c1-4-5-8-6-9(13-2)11(14-3)12-10(8)15-7-16-12/h4-6H,7H2,1-3H3/b5-4+. The molecular formula is C12H14O4. The van der Waals surface area contributed by atoms with Crippen molar-refractivity contribution in [2.45, 2.75) is 6.92 Å². The lowest BCUT2D eigenvalue weighted by molar-refractivity contribution is 0.170. The summed E-state index contributed by atoms with van der Waals surface area (Å²) >= 11 is 0. The van der Waals surface area contributed by atoms with E-state index in [0.29, 0.717) is 23.0 Å². The van der Waals surface area contributed by atoms with Gasteiger partial charge in [0.1, 0.15) is 0 Å². The summed E-state index contributed by atoms with van der Waals surface area (Å²) in [5.41, 5.74) is 0.924. The van der Waals surface area contributed by atoms with Crippen molar-refractivity contribution in [1.29, 1.82) is 0 Å². The molecule has 86 valence electrons. The maximum Gasteiger partial charge on any atom is 0.231 e. The fraction of sp³-hybridized carbons (Fsp3) is 0.333. The summed E-state index contributed by atoms with van der Waals surface area (Å²) in [6.45, 7) is 2.16. The van der Waals surface area contributed by atoms with E-state index < -0.39 is 0 Å². The first-order valence-electron chi connectivity index (χ1n) is 4.99. The fourth-order valence-electron chi connectivity index (χ4n) is 1.69. The molecular weight excluding hydrogens is 208 g/mol. The van der Waals surface area contributed by atoms with Crippen molar-refractivity contribution in [2.75, 3.05) is 21.0 Å². The Morgan fingerprint density at radius 2 is 1.94 bits per heavy atom. The normalized spacial score (nSPS) is 13.2. The predicted octanol–water partition coefficient (Wildman–Crippen LogP) is 2.47. The number of hydrogen-bond donors (Lipinski definition) is 0. The van der Waals surface area contributed by atoms with Crippen LogP contribution in [0.3, 0.4) is 0 Å². The van der Waals surface area contributed by atoms with Gasteiger partial charge in [-0.25, -0.2) is 0 Å². The Labute approximate surface area is 94.4 Å². The number of allylic oxidation sites excluding steroid dienone is 1. The number of benzene rings is 1. The third-order valence-corrected chi connectivity index (χ3v) is 2.36. The molecule has 0 N–H and O–H groups in total. The second-order valence-electron chi connectivity index (χ2n) is 3.27. The zero-order valence-electron chi connectivity index (χ0n) is 9.57. The minimum absolute atomic E-state index is 0.212. The highest BCUT2D eigenvalue weighted by Crippen LogP contribution is 2.49. The van der Waals surface area contributed by atoms with Crippen molar-refractivity contribution in [1.82, 2.24) is 0 Å². The van der Waals surface area contributed by atoms with Gasteiger partial charge in [0.05, 0.1) is 14.2 Å². The fourth-order valence-corrected chi connectivity index (χ4v) is 1.69. The average Bonchev–Trinajstić information content (AvgIpc) is 2.78. The molecule has 0 amide bonds. The Morgan fingerprint density at radius 1 is 1.19 bits per heavy atom. The molecule has 0 atom stereocenters. The lowest BCUT2D eigenvalue weighted by Gasteiger charge is -2.11. The van der Waals surface area contributed by atoms with Gasteiger partial charge in [-0.15, -0.1) is 0 Å². The highest BCUT2D eigenvalue weighted by atomic mass is 16.7. The van der Waals surface area contributed by atoms with E-state index in [0.717, 1.165) is 5.56 Å². The molecule has 0 aliphatic carbocycles. The molecule has 16 heavy (non-hydrogen) atoms. The van der Waals surface area contributed by atoms with Gasteiger partial charge in [0.25, 0.3) is 0 Å². The Morgan fingerprint density at radius 3 is 2.56 bits per heavy atom. The average molecular weight is 222 g/mol. The molecule has 1 aromatic carbocycles. The van der Waals surface area contributed by atoms with E-state index in [1.807, 2.05) is 25.1 Å². The molecule has 4 nitrogen and oxygen atoms in total. The van der Waals surface area contributed by atoms with Crippen LogP contribution in [0.2, 0.25) is 0 Å². The van der Waals surface area contributed by atoms with Gasteiger partial charge in [-0.2, -0.15) is 0 Å². The molecule has 0 saturated carbocycles. The maximum atomic E-state index is 5.42. The summed E-state index contributed by atoms with van der Waals surface area (Å²) in [5, 5.41) is 0. The topological polar surface area (TPSA) is 36.9 Å². The highest BCUT2D eigenvalue weighted by molar-refractivity contribution is 5.71. The van der Waals surface area contributed by atoms with Crippen LogP contribution in [0, 0.1) is 0 Å². The van der Waals surface area contributed by atoms with Crippen molar-refractivity contribution in [2.24, 2.45) is 0 Å². The Bertz CT molecular complexity index is 424. The van der Waals surface area contributed by atoms with Gasteiger partial charge in [0.15, 0.2) is 11.5 Å². The molecule has 0 radical (unpaired) electrons. The van der Waals surface area contributed by atoms with Crippen LogP contribution in [-0.2, 0) is 0 Å². The number of methoxy groups -OCH3 is 2. The van der Waals surface area contributed by atoms with Crippen LogP contribution < -0.4 is 18.9 Å². The van der Waals surface area contributed by atoms with Crippen LogP contribution in [0.25, 0.3) is 6.08 Å². The monoisotopic (exact) mass is 222 g/mol. The molecule has 0 aromatic heterocycles. The number of rotatable bonds is 3. The van der Waals surface area contributed by atoms with E-state index in [2.05, 4.69) is 0 Å². The van der Waals surface area contributed by atoms with Crippen molar-refractivity contribution >= 4 is 6.08 Å². The second-order valence-corrected chi connectivity index (χ2v) is 3.27. The van der Waals surface area contributed by atoms with Gasteiger partial charge in [0.2, 0.25) is 18.3 Å². The zero-order valence-corrected chi connectivity index (χ0v) is 9.57. The van der Waals surface area contributed by atoms with Crippen LogP contribution in [-0.4, -0.2) is 21.0 Å². The van der Waals surface area contributed by atoms with Crippen LogP contribution in [0.1, 0.15) is 12.5 Å². The van der Waals surface area contributed by atoms with Crippen molar-refractivity contribution in [3.8, 4) is 23.0 Å². The van der Waals surface area contributed by atoms with E-state index in [1.165, 1.54) is 0 Å². The van der Waals surface area contributed by atoms with Crippen LogP contribution in [0.5, 0.6) is 23.0 Å². The zero-order chi connectivity index (χ0) is 11.5. The van der Waals surface area contributed by atoms with Gasteiger partial charge in [0, 0.05) is 5.56 Å². The molecule has 1 aliphatic rings. The van der Waals surface area contributed by atoms with E-state index in [-0.39, 0.29) is 6.79 Å². The van der Waals surface area contributed by atoms with Gasteiger partial charge >= 0.3 is 0 Å². The Kier molecular flexibility index (Phi) is 2.90. The molecule has 0 saturated heterocycles. The molecule has 0 fully saturated rings. The molecule has 0 unspecified atom stereocenters. The third-order valence-electron chi connectivity index (χ3n) is 2.36. The van der Waals surface area contributed by atoms with Gasteiger partial charge in [-0.3, -0.25) is 0 Å². The maximum absolute atomic E-state index is 5.42. The molecule has 1 aromatic rings. The van der Waals surface area contributed by atoms with Crippen molar-refractivity contribution in [3.05, 3.63) is 17.7 Å². The molecule has 0 bridgehead atoms. The molecule has 0 spiro atoms. The van der Waals surface area contributed by atoms with Gasteiger partial charge < -0.3 is 18.9 Å². The Hall–Kier alpha value is -1.84. The van der Waals surface area contributed by atoms with E-state index in [1.54, 1.807) is 14.2 Å². The molecule has 4 heteroatoms.